The van der Waals surface area contributed by atoms with Crippen LogP contribution in [0, 0.1) is 0 Å². The van der Waals surface area contributed by atoms with Crippen molar-refractivity contribution in [3.63, 3.8) is 0 Å². The minimum atomic E-state index is 0.230. The Kier molecular flexibility index (Phi) is 3.44. The molecule has 1 aliphatic rings. The number of phenolic OH excluding ortho intramolecular Hbond substituents is 1. The molecule has 0 spiro atoms. The summed E-state index contributed by atoms with van der Waals surface area (Å²) in [5, 5.41) is 10.5. The third-order valence-corrected chi connectivity index (χ3v) is 4.31. The molecule has 82 valence electrons. The minimum absolute atomic E-state index is 0.230. The van der Waals surface area contributed by atoms with E-state index < -0.39 is 0 Å². The minimum Gasteiger partial charge on any atom is -0.508 e. The number of halogens is 1. The molecule has 1 aliphatic heterocycles. The molecule has 0 bridgehead atoms. The van der Waals surface area contributed by atoms with Crippen molar-refractivity contribution >= 4 is 23.4 Å². The summed E-state index contributed by atoms with van der Waals surface area (Å²) >= 11 is 7.86. The number of aromatic hydroxyl groups is 1. The molecule has 1 aromatic rings. The molecule has 2 nitrogen and oxygen atoms in total. The van der Waals surface area contributed by atoms with Gasteiger partial charge in [0.2, 0.25) is 0 Å². The normalized spacial score (nSPS) is 22.1. The molecular formula is C11H14ClNOS. The molecule has 0 aromatic heterocycles. The van der Waals surface area contributed by atoms with Gasteiger partial charge in [0.1, 0.15) is 5.75 Å². The maximum Gasteiger partial charge on any atom is 0.117 e. The van der Waals surface area contributed by atoms with Crippen LogP contribution in [0.3, 0.4) is 0 Å². The molecule has 4 heteroatoms. The average molecular weight is 244 g/mol. The van der Waals surface area contributed by atoms with Crippen LogP contribution in [0.4, 0.5) is 0 Å². The number of rotatable bonds is 2. The number of benzene rings is 1. The van der Waals surface area contributed by atoms with Crippen LogP contribution in [0.1, 0.15) is 6.42 Å². The van der Waals surface area contributed by atoms with Gasteiger partial charge >= 0.3 is 0 Å². The Morgan fingerprint density at radius 1 is 1.53 bits per heavy atom. The second-order valence-electron chi connectivity index (χ2n) is 3.91. The number of thioether (sulfide) groups is 1. The quantitative estimate of drug-likeness (QED) is 0.864. The average Bonchev–Trinajstić information content (AvgIpc) is 2.56. The number of nitrogens with zero attached hydrogens (tertiary/aromatic N) is 1. The van der Waals surface area contributed by atoms with Crippen molar-refractivity contribution in [3.8, 4) is 5.75 Å². The largest absolute Gasteiger partial charge is 0.508 e. The number of phenols is 1. The van der Waals surface area contributed by atoms with Crippen molar-refractivity contribution < 1.29 is 5.11 Å². The van der Waals surface area contributed by atoms with Crippen LogP contribution < -0.4 is 0 Å². The van der Waals surface area contributed by atoms with Crippen molar-refractivity contribution in [2.75, 3.05) is 20.1 Å². The summed E-state index contributed by atoms with van der Waals surface area (Å²) in [6.07, 6.45) is 1.21. The molecule has 1 atom stereocenters. The van der Waals surface area contributed by atoms with E-state index in [-0.39, 0.29) is 5.75 Å². The lowest BCUT2D eigenvalue weighted by molar-refractivity contribution is 0.419. The lowest BCUT2D eigenvalue weighted by Gasteiger charge is -2.11. The molecule has 1 saturated heterocycles. The van der Waals surface area contributed by atoms with Gasteiger partial charge in [0.25, 0.3) is 0 Å². The first-order valence-corrected chi connectivity index (χ1v) is 6.24. The SMILES string of the molecule is CN1CC[C@H](Sc2ccc(O)cc2Cl)C1. The fraction of sp³-hybridized carbons (Fsp3) is 0.455. The predicted octanol–water partition coefficient (Wildman–Crippen LogP) is 2.84. The molecule has 0 radical (unpaired) electrons. The van der Waals surface area contributed by atoms with Gasteiger partial charge in [-0.1, -0.05) is 11.6 Å². The maximum absolute atomic E-state index is 9.24. The Labute approximate surface area is 99.2 Å². The first-order chi connectivity index (χ1) is 7.15. The van der Waals surface area contributed by atoms with Crippen LogP contribution in [-0.2, 0) is 0 Å². The van der Waals surface area contributed by atoms with E-state index in [1.165, 1.54) is 6.42 Å². The molecule has 1 heterocycles. The third-order valence-electron chi connectivity index (χ3n) is 2.56. The maximum atomic E-state index is 9.24. The summed E-state index contributed by atoms with van der Waals surface area (Å²) in [4.78, 5) is 3.39. The van der Waals surface area contributed by atoms with Crippen molar-refractivity contribution in [2.45, 2.75) is 16.6 Å². The molecule has 2 rings (SSSR count). The van der Waals surface area contributed by atoms with E-state index in [2.05, 4.69) is 11.9 Å². The van der Waals surface area contributed by atoms with Gasteiger partial charge in [-0.3, -0.25) is 0 Å². The summed E-state index contributed by atoms with van der Waals surface area (Å²) in [7, 11) is 2.14. The van der Waals surface area contributed by atoms with Crippen LogP contribution in [0.15, 0.2) is 23.1 Å². The fourth-order valence-electron chi connectivity index (χ4n) is 1.76. The van der Waals surface area contributed by atoms with E-state index in [0.717, 1.165) is 18.0 Å². The Bertz CT molecular complexity index is 358. The topological polar surface area (TPSA) is 23.5 Å². The molecule has 1 fully saturated rings. The Morgan fingerprint density at radius 2 is 2.33 bits per heavy atom. The lowest BCUT2D eigenvalue weighted by atomic mass is 10.3. The standard InChI is InChI=1S/C11H14ClNOS/c1-13-5-4-9(7-13)15-11-3-2-8(14)6-10(11)12/h2-3,6,9,14H,4-5,7H2,1H3/t9-/m0/s1. The molecule has 0 saturated carbocycles. The zero-order valence-electron chi connectivity index (χ0n) is 8.61. The summed E-state index contributed by atoms with van der Waals surface area (Å²) in [6.45, 7) is 2.27. The molecule has 1 aromatic carbocycles. The Hall–Kier alpha value is -0.380. The van der Waals surface area contributed by atoms with Crippen LogP contribution in [0.5, 0.6) is 5.75 Å². The summed E-state index contributed by atoms with van der Waals surface area (Å²) in [5.41, 5.74) is 0. The molecule has 0 aliphatic carbocycles. The van der Waals surface area contributed by atoms with E-state index >= 15 is 0 Å². The number of hydrogen-bond donors (Lipinski definition) is 1. The van der Waals surface area contributed by atoms with Gasteiger partial charge in [0.05, 0.1) is 5.02 Å². The van der Waals surface area contributed by atoms with Crippen LogP contribution >= 0.6 is 23.4 Å². The van der Waals surface area contributed by atoms with E-state index in [0.29, 0.717) is 10.3 Å². The summed E-state index contributed by atoms with van der Waals surface area (Å²) in [6, 6.07) is 5.18. The lowest BCUT2D eigenvalue weighted by Crippen LogP contribution is -2.14. The monoisotopic (exact) mass is 243 g/mol. The van der Waals surface area contributed by atoms with E-state index in [4.69, 9.17) is 11.6 Å². The first kappa shape index (κ1) is 11.1. The van der Waals surface area contributed by atoms with Gasteiger partial charge in [-0.05, 0) is 38.2 Å². The van der Waals surface area contributed by atoms with Crippen LogP contribution in [0.2, 0.25) is 5.02 Å². The molecule has 15 heavy (non-hydrogen) atoms. The fourth-order valence-corrected chi connectivity index (χ4v) is 3.29. The van der Waals surface area contributed by atoms with Crippen molar-refractivity contribution in [1.29, 1.82) is 0 Å². The van der Waals surface area contributed by atoms with Gasteiger partial charge in [-0.25, -0.2) is 0 Å². The molecule has 0 amide bonds. The van der Waals surface area contributed by atoms with Gasteiger partial charge in [-0.2, -0.15) is 0 Å². The Balaban J connectivity index is 2.04. The van der Waals surface area contributed by atoms with Gasteiger partial charge in [-0.15, -0.1) is 11.8 Å². The highest BCUT2D eigenvalue weighted by Gasteiger charge is 2.21. The van der Waals surface area contributed by atoms with Crippen LogP contribution in [0.25, 0.3) is 0 Å². The number of likely N-dealkylation sites (tertiary alicyclic amines) is 1. The van der Waals surface area contributed by atoms with Crippen LogP contribution in [-0.4, -0.2) is 35.4 Å². The highest BCUT2D eigenvalue weighted by Crippen LogP contribution is 2.35. The number of hydrogen-bond acceptors (Lipinski definition) is 3. The summed E-state index contributed by atoms with van der Waals surface area (Å²) < 4.78 is 0. The van der Waals surface area contributed by atoms with E-state index in [1.54, 1.807) is 23.9 Å². The van der Waals surface area contributed by atoms with Crippen molar-refractivity contribution in [3.05, 3.63) is 23.2 Å². The summed E-state index contributed by atoms with van der Waals surface area (Å²) in [5.74, 6) is 0.230. The van der Waals surface area contributed by atoms with E-state index in [1.807, 2.05) is 6.07 Å². The van der Waals surface area contributed by atoms with Gasteiger partial charge in [0.15, 0.2) is 0 Å². The molecule has 1 N–H and O–H groups in total. The second-order valence-corrected chi connectivity index (χ2v) is 5.65. The zero-order chi connectivity index (χ0) is 10.8. The highest BCUT2D eigenvalue weighted by molar-refractivity contribution is 8.00. The third kappa shape index (κ3) is 2.80. The van der Waals surface area contributed by atoms with Crippen molar-refractivity contribution in [1.82, 2.24) is 4.90 Å². The zero-order valence-corrected chi connectivity index (χ0v) is 10.2. The van der Waals surface area contributed by atoms with Gasteiger partial charge in [0, 0.05) is 16.7 Å². The smallest absolute Gasteiger partial charge is 0.117 e. The first-order valence-electron chi connectivity index (χ1n) is 4.99. The second kappa shape index (κ2) is 4.64. The molecule has 0 unspecified atom stereocenters. The highest BCUT2D eigenvalue weighted by atomic mass is 35.5. The van der Waals surface area contributed by atoms with Gasteiger partial charge < -0.3 is 10.0 Å². The Morgan fingerprint density at radius 3 is 2.93 bits per heavy atom. The molecular weight excluding hydrogens is 230 g/mol. The van der Waals surface area contributed by atoms with E-state index in [9.17, 15) is 5.11 Å². The predicted molar refractivity (Wildman–Crippen MR) is 64.9 cm³/mol. The van der Waals surface area contributed by atoms with Crippen molar-refractivity contribution in [2.24, 2.45) is 0 Å².